The predicted octanol–water partition coefficient (Wildman–Crippen LogP) is 2.72. The summed E-state index contributed by atoms with van der Waals surface area (Å²) >= 11 is 0. The van der Waals surface area contributed by atoms with Crippen LogP contribution in [0.2, 0.25) is 0 Å². The van der Waals surface area contributed by atoms with Gasteiger partial charge in [0.1, 0.15) is 11.9 Å². The van der Waals surface area contributed by atoms with Crippen molar-refractivity contribution < 1.29 is 9.47 Å². The molecule has 0 amide bonds. The molecule has 1 aromatic rings. The second-order valence-corrected chi connectivity index (χ2v) is 9.17. The average molecular weight is 560 g/mol. The lowest BCUT2D eigenvalue weighted by Crippen LogP contribution is -2.55. The molecule has 3 rings (SSSR count). The average Bonchev–Trinajstić information content (AvgIpc) is 3.25. The van der Waals surface area contributed by atoms with Gasteiger partial charge in [0.15, 0.2) is 5.96 Å². The van der Waals surface area contributed by atoms with Gasteiger partial charge in [-0.15, -0.1) is 24.0 Å². The van der Waals surface area contributed by atoms with Crippen LogP contribution in [-0.4, -0.2) is 87.9 Å². The summed E-state index contributed by atoms with van der Waals surface area (Å²) in [5.41, 5.74) is 2.34. The summed E-state index contributed by atoms with van der Waals surface area (Å²) in [6.07, 6.45) is 1.10. The topological polar surface area (TPSA) is 61.4 Å². The summed E-state index contributed by atoms with van der Waals surface area (Å²) in [6, 6.07) is 6.89. The predicted molar refractivity (Wildman–Crippen MR) is 142 cm³/mol. The maximum absolute atomic E-state index is 6.23. The van der Waals surface area contributed by atoms with E-state index in [-0.39, 0.29) is 30.1 Å². The number of aryl methyl sites for hydroxylation is 1. The molecule has 2 fully saturated rings. The number of hydrogen-bond acceptors (Lipinski definition) is 5. The van der Waals surface area contributed by atoms with Gasteiger partial charge in [-0.05, 0) is 31.5 Å². The molecule has 2 aliphatic heterocycles. The number of piperazine rings is 1. The molecule has 2 N–H and O–H groups in total. The Bertz CT molecular complexity index is 716. The highest BCUT2D eigenvalue weighted by molar-refractivity contribution is 14.0. The van der Waals surface area contributed by atoms with Crippen LogP contribution in [0.3, 0.4) is 0 Å². The zero-order chi connectivity index (χ0) is 22.2. The highest BCUT2D eigenvalue weighted by atomic mass is 127. The maximum Gasteiger partial charge on any atom is 0.191 e. The monoisotopic (exact) mass is 559 g/mol. The number of rotatable bonds is 8. The number of nitrogens with zero attached hydrogens (tertiary/aromatic N) is 3. The highest BCUT2D eigenvalue weighted by Gasteiger charge is 2.25. The summed E-state index contributed by atoms with van der Waals surface area (Å²) in [5, 5.41) is 7.03. The number of likely N-dealkylation sites (N-methyl/N-ethyl adjacent to an activating group) is 1. The van der Waals surface area contributed by atoms with Crippen molar-refractivity contribution in [2.75, 3.05) is 60.0 Å². The summed E-state index contributed by atoms with van der Waals surface area (Å²) in [4.78, 5) is 9.46. The molecular weight excluding hydrogens is 517 g/mol. The van der Waals surface area contributed by atoms with Crippen molar-refractivity contribution in [3.05, 3.63) is 29.3 Å². The van der Waals surface area contributed by atoms with Gasteiger partial charge in [-0.3, -0.25) is 9.89 Å². The Kier molecular flexibility index (Phi) is 11.5. The van der Waals surface area contributed by atoms with Crippen LogP contribution in [0, 0.1) is 12.8 Å². The molecule has 0 bridgehead atoms. The molecular formula is C24H42IN5O2. The maximum atomic E-state index is 6.23. The minimum atomic E-state index is 0. The van der Waals surface area contributed by atoms with Gasteiger partial charge in [0.2, 0.25) is 0 Å². The minimum absolute atomic E-state index is 0. The van der Waals surface area contributed by atoms with Crippen LogP contribution in [0.25, 0.3) is 0 Å². The van der Waals surface area contributed by atoms with Crippen LogP contribution in [0.4, 0.5) is 0 Å². The lowest BCUT2D eigenvalue weighted by Gasteiger charge is -2.40. The fourth-order valence-corrected chi connectivity index (χ4v) is 4.24. The Labute approximate surface area is 211 Å². The number of nitrogens with one attached hydrogen (secondary N) is 2. The van der Waals surface area contributed by atoms with Crippen LogP contribution in [-0.2, 0) is 11.3 Å². The Morgan fingerprint density at radius 3 is 2.59 bits per heavy atom. The minimum Gasteiger partial charge on any atom is -0.488 e. The van der Waals surface area contributed by atoms with E-state index in [0.717, 1.165) is 63.0 Å². The summed E-state index contributed by atoms with van der Waals surface area (Å²) < 4.78 is 11.7. The first-order valence-electron chi connectivity index (χ1n) is 11.7. The molecule has 2 unspecified atom stereocenters. The molecule has 2 saturated heterocycles. The van der Waals surface area contributed by atoms with Crippen molar-refractivity contribution in [1.29, 1.82) is 0 Å². The Balaban J connectivity index is 0.00000363. The van der Waals surface area contributed by atoms with Crippen LogP contribution in [0.15, 0.2) is 23.2 Å². The SMILES string of the molecule is CN=C(NCc1ccc(C)cc1OC1CCOC1)NCC(C(C)C)N1CCN(C)CC1.I. The van der Waals surface area contributed by atoms with Gasteiger partial charge in [-0.2, -0.15) is 0 Å². The number of hydrogen-bond donors (Lipinski definition) is 2. The van der Waals surface area contributed by atoms with Crippen LogP contribution in [0.1, 0.15) is 31.4 Å². The van der Waals surface area contributed by atoms with Gasteiger partial charge in [0, 0.05) is 64.3 Å². The molecule has 0 spiro atoms. The zero-order valence-electron chi connectivity index (χ0n) is 20.4. The molecule has 0 saturated carbocycles. The van der Waals surface area contributed by atoms with Crippen LogP contribution >= 0.6 is 24.0 Å². The fourth-order valence-electron chi connectivity index (χ4n) is 4.24. The fraction of sp³-hybridized carbons (Fsp3) is 0.708. The molecule has 32 heavy (non-hydrogen) atoms. The molecule has 2 atom stereocenters. The molecule has 7 nitrogen and oxygen atoms in total. The quantitative estimate of drug-likeness (QED) is 0.290. The van der Waals surface area contributed by atoms with Crippen molar-refractivity contribution in [2.24, 2.45) is 10.9 Å². The van der Waals surface area contributed by atoms with E-state index in [1.54, 1.807) is 0 Å². The standard InChI is InChI=1S/C24H41N5O2.HI/c1-18(2)22(29-11-9-28(5)10-12-29)16-27-24(25-4)26-15-20-7-6-19(3)14-23(20)31-21-8-13-30-17-21;/h6-7,14,18,21-22H,8-13,15-17H2,1-5H3,(H2,25,26,27);1H. The molecule has 182 valence electrons. The van der Waals surface area contributed by atoms with Gasteiger partial charge in [-0.1, -0.05) is 26.0 Å². The lowest BCUT2D eigenvalue weighted by molar-refractivity contribution is 0.0900. The first-order chi connectivity index (χ1) is 15.0. The molecule has 0 aliphatic carbocycles. The van der Waals surface area contributed by atoms with Crippen molar-refractivity contribution in [3.63, 3.8) is 0 Å². The Morgan fingerprint density at radius 2 is 1.97 bits per heavy atom. The van der Waals surface area contributed by atoms with Crippen molar-refractivity contribution in [3.8, 4) is 5.75 Å². The summed E-state index contributed by atoms with van der Waals surface area (Å²) in [5.74, 6) is 2.35. The van der Waals surface area contributed by atoms with Crippen molar-refractivity contribution in [2.45, 2.75) is 45.9 Å². The molecule has 0 radical (unpaired) electrons. The summed E-state index contributed by atoms with van der Waals surface area (Å²) in [7, 11) is 4.03. The van der Waals surface area contributed by atoms with Crippen molar-refractivity contribution in [1.82, 2.24) is 20.4 Å². The molecule has 2 aliphatic rings. The van der Waals surface area contributed by atoms with Gasteiger partial charge >= 0.3 is 0 Å². The van der Waals surface area contributed by atoms with Gasteiger partial charge in [0.25, 0.3) is 0 Å². The van der Waals surface area contributed by atoms with Crippen LogP contribution < -0.4 is 15.4 Å². The third-order valence-corrected chi connectivity index (χ3v) is 6.33. The number of aliphatic imine (C=N–C) groups is 1. The third-order valence-electron chi connectivity index (χ3n) is 6.33. The largest absolute Gasteiger partial charge is 0.488 e. The normalized spacial score (nSPS) is 21.3. The van der Waals surface area contributed by atoms with E-state index in [1.165, 1.54) is 5.56 Å². The molecule has 0 aromatic heterocycles. The zero-order valence-corrected chi connectivity index (χ0v) is 22.7. The Morgan fingerprint density at radius 1 is 1.22 bits per heavy atom. The second kappa shape index (κ2) is 13.6. The highest BCUT2D eigenvalue weighted by Crippen LogP contribution is 2.23. The van der Waals surface area contributed by atoms with E-state index in [2.05, 4.69) is 71.4 Å². The lowest BCUT2D eigenvalue weighted by atomic mass is 10.0. The van der Waals surface area contributed by atoms with Crippen molar-refractivity contribution >= 4 is 29.9 Å². The van der Waals surface area contributed by atoms with Gasteiger partial charge < -0.3 is 25.0 Å². The van der Waals surface area contributed by atoms with Gasteiger partial charge in [0.05, 0.1) is 13.2 Å². The van der Waals surface area contributed by atoms with E-state index >= 15 is 0 Å². The van der Waals surface area contributed by atoms with E-state index in [9.17, 15) is 0 Å². The van der Waals surface area contributed by atoms with Crippen LogP contribution in [0.5, 0.6) is 5.75 Å². The number of guanidine groups is 1. The van der Waals surface area contributed by atoms with Gasteiger partial charge in [-0.25, -0.2) is 0 Å². The number of ether oxygens (including phenoxy) is 2. The Hall–Kier alpha value is -1.10. The molecule has 2 heterocycles. The third kappa shape index (κ3) is 8.04. The molecule has 1 aromatic carbocycles. The van der Waals surface area contributed by atoms with E-state index in [1.807, 2.05) is 7.05 Å². The summed E-state index contributed by atoms with van der Waals surface area (Å²) in [6.45, 7) is 14.3. The first-order valence-corrected chi connectivity index (χ1v) is 11.7. The number of benzene rings is 1. The van der Waals surface area contributed by atoms with E-state index in [4.69, 9.17) is 9.47 Å². The first kappa shape index (κ1) is 27.1. The number of halogens is 1. The van der Waals surface area contributed by atoms with E-state index < -0.39 is 0 Å². The van der Waals surface area contributed by atoms with E-state index in [0.29, 0.717) is 25.1 Å². The second-order valence-electron chi connectivity index (χ2n) is 9.17. The smallest absolute Gasteiger partial charge is 0.191 e. The molecule has 8 heteroatoms.